The van der Waals surface area contributed by atoms with Crippen LogP contribution in [-0.4, -0.2) is 61.0 Å². The highest BCUT2D eigenvalue weighted by atomic mass is 16.5. The minimum Gasteiger partial charge on any atom is -0.381 e. The minimum absolute atomic E-state index is 0.0549. The van der Waals surface area contributed by atoms with Gasteiger partial charge in [-0.1, -0.05) is 5.16 Å². The summed E-state index contributed by atoms with van der Waals surface area (Å²) in [4.78, 5) is 18.1. The maximum Gasteiger partial charge on any atom is 0.248 e. The highest BCUT2D eigenvalue weighted by Gasteiger charge is 2.42. The quantitative estimate of drug-likeness (QED) is 0.794. The zero-order chi connectivity index (χ0) is 14.8. The molecule has 1 aromatic heterocycles. The molecule has 2 aliphatic rings. The molecule has 0 aliphatic carbocycles. The summed E-state index contributed by atoms with van der Waals surface area (Å²) in [6.07, 6.45) is 0.717. The number of methoxy groups -OCH3 is 1. The maximum absolute atomic E-state index is 12.0. The summed E-state index contributed by atoms with van der Waals surface area (Å²) in [5.41, 5.74) is 0. The largest absolute Gasteiger partial charge is 0.381 e. The van der Waals surface area contributed by atoms with Gasteiger partial charge in [0, 0.05) is 32.5 Å². The van der Waals surface area contributed by atoms with Crippen molar-refractivity contribution in [2.75, 3.05) is 40.0 Å². The molecule has 3 heterocycles. The van der Waals surface area contributed by atoms with E-state index < -0.39 is 0 Å². The Morgan fingerprint density at radius 3 is 3.00 bits per heavy atom. The Hall–Kier alpha value is -1.47. The Kier molecular flexibility index (Phi) is 4.21. The van der Waals surface area contributed by atoms with Gasteiger partial charge in [0.1, 0.15) is 6.61 Å². The average molecular weight is 295 g/mol. The topological polar surface area (TPSA) is 77.7 Å². The summed E-state index contributed by atoms with van der Waals surface area (Å²) in [6.45, 7) is 4.90. The van der Waals surface area contributed by atoms with Gasteiger partial charge in [0.05, 0.1) is 13.2 Å². The van der Waals surface area contributed by atoms with Gasteiger partial charge >= 0.3 is 0 Å². The zero-order valence-electron chi connectivity index (χ0n) is 12.4. The van der Waals surface area contributed by atoms with E-state index >= 15 is 0 Å². The lowest BCUT2D eigenvalue weighted by Crippen LogP contribution is -2.36. The highest BCUT2D eigenvalue weighted by molar-refractivity contribution is 5.77. The van der Waals surface area contributed by atoms with Gasteiger partial charge in [-0.05, 0) is 18.8 Å². The zero-order valence-corrected chi connectivity index (χ0v) is 12.4. The maximum atomic E-state index is 12.0. The average Bonchev–Trinajstić information content (AvgIpc) is 3.06. The lowest BCUT2D eigenvalue weighted by atomic mass is 9.81. The standard InChI is InChI=1S/C14H21N3O4/c1-9-15-13(21-16-9)3-10-6-20-7-11-4-17(5-12(10)11)14(18)8-19-2/h10-12H,3-8H2,1-2H3/t10-,11-,12-/m1/s1. The van der Waals surface area contributed by atoms with Crippen LogP contribution in [0, 0.1) is 24.7 Å². The molecule has 3 rings (SSSR count). The van der Waals surface area contributed by atoms with Crippen molar-refractivity contribution in [2.45, 2.75) is 13.3 Å². The molecule has 7 heteroatoms. The number of hydrogen-bond acceptors (Lipinski definition) is 6. The number of fused-ring (bicyclic) bond motifs is 1. The van der Waals surface area contributed by atoms with Crippen molar-refractivity contribution in [3.63, 3.8) is 0 Å². The van der Waals surface area contributed by atoms with Crippen LogP contribution in [0.4, 0.5) is 0 Å². The van der Waals surface area contributed by atoms with Gasteiger partial charge in [0.2, 0.25) is 11.8 Å². The van der Waals surface area contributed by atoms with E-state index in [1.807, 2.05) is 11.8 Å². The van der Waals surface area contributed by atoms with Gasteiger partial charge in [-0.15, -0.1) is 0 Å². The molecule has 0 saturated carbocycles. The molecule has 2 fully saturated rings. The van der Waals surface area contributed by atoms with Crippen molar-refractivity contribution >= 4 is 5.91 Å². The van der Waals surface area contributed by atoms with Crippen molar-refractivity contribution in [3.05, 3.63) is 11.7 Å². The van der Waals surface area contributed by atoms with E-state index in [-0.39, 0.29) is 12.5 Å². The fourth-order valence-electron chi connectivity index (χ4n) is 3.38. The van der Waals surface area contributed by atoms with E-state index in [0.717, 1.165) is 19.7 Å². The molecule has 2 saturated heterocycles. The molecule has 0 radical (unpaired) electrons. The molecule has 0 unspecified atom stereocenters. The third-order valence-electron chi connectivity index (χ3n) is 4.39. The summed E-state index contributed by atoms with van der Waals surface area (Å²) in [6, 6.07) is 0. The number of likely N-dealkylation sites (tertiary alicyclic amines) is 1. The molecule has 1 aromatic rings. The Morgan fingerprint density at radius 1 is 1.43 bits per heavy atom. The van der Waals surface area contributed by atoms with Crippen LogP contribution in [0.3, 0.4) is 0 Å². The molecule has 7 nitrogen and oxygen atoms in total. The fraction of sp³-hybridized carbons (Fsp3) is 0.786. The summed E-state index contributed by atoms with van der Waals surface area (Å²) < 4.78 is 15.9. The molecular weight excluding hydrogens is 274 g/mol. The van der Waals surface area contributed by atoms with Gasteiger partial charge in [-0.25, -0.2) is 0 Å². The Morgan fingerprint density at radius 2 is 2.29 bits per heavy atom. The number of aromatic nitrogens is 2. The first-order valence-corrected chi connectivity index (χ1v) is 7.31. The van der Waals surface area contributed by atoms with E-state index in [9.17, 15) is 4.79 Å². The molecule has 0 aromatic carbocycles. The second kappa shape index (κ2) is 6.11. The van der Waals surface area contributed by atoms with E-state index in [1.54, 1.807) is 7.11 Å². The molecule has 0 bridgehead atoms. The summed E-state index contributed by atoms with van der Waals surface area (Å²) >= 11 is 0. The molecule has 21 heavy (non-hydrogen) atoms. The van der Waals surface area contributed by atoms with E-state index in [4.69, 9.17) is 14.0 Å². The first-order chi connectivity index (χ1) is 10.2. The summed E-state index contributed by atoms with van der Waals surface area (Å²) in [7, 11) is 1.55. The normalized spacial score (nSPS) is 28.7. The number of nitrogens with zero attached hydrogens (tertiary/aromatic N) is 3. The smallest absolute Gasteiger partial charge is 0.248 e. The summed E-state index contributed by atoms with van der Waals surface area (Å²) in [5.74, 6) is 2.52. The monoisotopic (exact) mass is 295 g/mol. The van der Waals surface area contributed by atoms with Crippen molar-refractivity contribution in [1.82, 2.24) is 15.0 Å². The van der Waals surface area contributed by atoms with Gasteiger partial charge in [-0.2, -0.15) is 4.98 Å². The van der Waals surface area contributed by atoms with Crippen LogP contribution in [0.25, 0.3) is 0 Å². The van der Waals surface area contributed by atoms with Gasteiger partial charge in [0.25, 0.3) is 0 Å². The van der Waals surface area contributed by atoms with Crippen LogP contribution in [-0.2, 0) is 20.7 Å². The highest BCUT2D eigenvalue weighted by Crippen LogP contribution is 2.35. The van der Waals surface area contributed by atoms with Crippen LogP contribution in [0.5, 0.6) is 0 Å². The van der Waals surface area contributed by atoms with E-state index in [2.05, 4.69) is 10.1 Å². The minimum atomic E-state index is 0.0549. The van der Waals surface area contributed by atoms with Crippen molar-refractivity contribution in [2.24, 2.45) is 17.8 Å². The van der Waals surface area contributed by atoms with Crippen molar-refractivity contribution in [1.29, 1.82) is 0 Å². The predicted molar refractivity (Wildman–Crippen MR) is 72.5 cm³/mol. The molecule has 3 atom stereocenters. The third kappa shape index (κ3) is 3.08. The summed E-state index contributed by atoms with van der Waals surface area (Å²) in [5, 5.41) is 3.83. The second-order valence-electron chi connectivity index (χ2n) is 5.89. The van der Waals surface area contributed by atoms with Crippen LogP contribution in [0.1, 0.15) is 11.7 Å². The third-order valence-corrected chi connectivity index (χ3v) is 4.39. The second-order valence-corrected chi connectivity index (χ2v) is 5.89. The molecule has 116 valence electrons. The molecule has 1 amide bonds. The first kappa shape index (κ1) is 14.5. The van der Waals surface area contributed by atoms with Crippen LogP contribution < -0.4 is 0 Å². The SMILES string of the molecule is COCC(=O)N1C[C@@H]2COC[C@@H](Cc3nc(C)no3)[C@H]2C1. The number of carbonyl (C=O) groups is 1. The van der Waals surface area contributed by atoms with E-state index in [1.165, 1.54) is 0 Å². The number of ether oxygens (including phenoxy) is 2. The van der Waals surface area contributed by atoms with Crippen LogP contribution in [0.15, 0.2) is 4.52 Å². The number of rotatable bonds is 4. The fourth-order valence-corrected chi connectivity index (χ4v) is 3.38. The number of carbonyl (C=O) groups excluding carboxylic acids is 1. The molecule has 0 spiro atoms. The van der Waals surface area contributed by atoms with Crippen LogP contribution >= 0.6 is 0 Å². The van der Waals surface area contributed by atoms with Crippen molar-refractivity contribution < 1.29 is 18.8 Å². The number of aryl methyl sites for hydroxylation is 1. The number of amides is 1. The molecule has 0 N–H and O–H groups in total. The molecule has 2 aliphatic heterocycles. The predicted octanol–water partition coefficient (Wildman–Crippen LogP) is 0.288. The van der Waals surface area contributed by atoms with Gasteiger partial charge < -0.3 is 18.9 Å². The van der Waals surface area contributed by atoms with Gasteiger partial charge in [-0.3, -0.25) is 4.79 Å². The van der Waals surface area contributed by atoms with Crippen LogP contribution in [0.2, 0.25) is 0 Å². The molecular formula is C14H21N3O4. The Labute approximate surface area is 123 Å². The lowest BCUT2D eigenvalue weighted by molar-refractivity contribution is -0.134. The van der Waals surface area contributed by atoms with Gasteiger partial charge in [0.15, 0.2) is 5.82 Å². The van der Waals surface area contributed by atoms with Crippen molar-refractivity contribution in [3.8, 4) is 0 Å². The Balaban J connectivity index is 1.65. The Bertz CT molecular complexity index is 504. The lowest BCUT2D eigenvalue weighted by Gasteiger charge is -2.31. The van der Waals surface area contributed by atoms with E-state index in [0.29, 0.717) is 42.5 Å². The first-order valence-electron chi connectivity index (χ1n) is 7.31. The number of hydrogen-bond donors (Lipinski definition) is 0.